The fraction of sp³-hybridized carbons (Fsp3) is 0.346. The highest BCUT2D eigenvalue weighted by Gasteiger charge is 2.23. The Kier molecular flexibility index (Phi) is 6.99. The number of anilines is 3. The molecular weight excluding hydrogens is 472 g/mol. The molecule has 3 heterocycles. The molecule has 0 aliphatic heterocycles. The maximum atomic E-state index is 13.5. The van der Waals surface area contributed by atoms with E-state index in [2.05, 4.69) is 25.8 Å². The molecule has 3 aromatic heterocycles. The molecule has 194 valence electrons. The highest BCUT2D eigenvalue weighted by molar-refractivity contribution is 6.15. The number of fused-ring (bicyclic) bond motifs is 1. The molecule has 11 heteroatoms. The summed E-state index contributed by atoms with van der Waals surface area (Å²) >= 11 is 0. The van der Waals surface area contributed by atoms with E-state index >= 15 is 0 Å². The van der Waals surface area contributed by atoms with Gasteiger partial charge in [-0.05, 0) is 24.1 Å². The molecule has 0 unspecified atom stereocenters. The van der Waals surface area contributed by atoms with Gasteiger partial charge in [0.05, 0.1) is 24.4 Å². The summed E-state index contributed by atoms with van der Waals surface area (Å²) in [5.74, 6) is 0.526. The quantitative estimate of drug-likeness (QED) is 0.279. The van der Waals surface area contributed by atoms with Crippen molar-refractivity contribution in [2.45, 2.75) is 52.5 Å². The van der Waals surface area contributed by atoms with Crippen molar-refractivity contribution in [2.24, 2.45) is 0 Å². The summed E-state index contributed by atoms with van der Waals surface area (Å²) in [7, 11) is 0. The van der Waals surface area contributed by atoms with E-state index in [1.54, 1.807) is 45.6 Å². The number of amides is 2. The largest absolute Gasteiger partial charge is 0.394 e. The number of carbonyl (C=O) groups is 2. The number of hydrogen-bond acceptors (Lipinski definition) is 7. The second kappa shape index (κ2) is 10.0. The number of aromatic nitrogens is 5. The number of nitrogens with two attached hydrogens (primary N) is 1. The van der Waals surface area contributed by atoms with Crippen LogP contribution in [0, 0.1) is 0 Å². The molecule has 0 aliphatic rings. The number of carbonyl (C=O) groups excluding carboxylic acids is 2. The molecule has 5 N–H and O–H groups in total. The smallest absolute Gasteiger partial charge is 0.324 e. The predicted octanol–water partition coefficient (Wildman–Crippen LogP) is 3.80. The van der Waals surface area contributed by atoms with Crippen LogP contribution in [0.5, 0.6) is 0 Å². The molecule has 0 atom stereocenters. The number of hydrogen-bond donors (Lipinski definition) is 4. The van der Waals surface area contributed by atoms with Gasteiger partial charge < -0.3 is 16.2 Å². The lowest BCUT2D eigenvalue weighted by Crippen LogP contribution is -2.22. The Balaban J connectivity index is 1.58. The van der Waals surface area contributed by atoms with E-state index in [0.717, 1.165) is 11.4 Å². The van der Waals surface area contributed by atoms with E-state index < -0.39 is 6.03 Å². The summed E-state index contributed by atoms with van der Waals surface area (Å²) in [6.07, 6.45) is 1.36. The first-order valence-corrected chi connectivity index (χ1v) is 12.0. The number of rotatable bonds is 7. The molecular formula is C26H32N8O3. The number of aliphatic hydroxyl groups is 1. The fourth-order valence-corrected chi connectivity index (χ4v) is 4.00. The molecule has 0 fully saturated rings. The van der Waals surface area contributed by atoms with Crippen molar-refractivity contribution in [3.05, 3.63) is 65.2 Å². The van der Waals surface area contributed by atoms with E-state index in [4.69, 9.17) is 5.73 Å². The van der Waals surface area contributed by atoms with Gasteiger partial charge in [-0.3, -0.25) is 10.1 Å². The Morgan fingerprint density at radius 2 is 1.89 bits per heavy atom. The van der Waals surface area contributed by atoms with Gasteiger partial charge in [-0.25, -0.2) is 19.0 Å². The first-order valence-electron chi connectivity index (χ1n) is 12.0. The fourth-order valence-electron chi connectivity index (χ4n) is 4.00. The standard InChI is InChI=1S/C26H32N8O3/c1-15(2)19-12-18(22-24(27)28-14-29-34(19)22)23(36)16-7-6-8-17(11-16)30-25(37)31-21-13-20(26(3,4)5)32-33(21)9-10-35/h6-8,11-15,35H,9-10H2,1-5H3,(H2,27,28,29)(H2,30,31,37). The Bertz CT molecular complexity index is 1460. The molecule has 1 aromatic carbocycles. The van der Waals surface area contributed by atoms with Gasteiger partial charge in [0.2, 0.25) is 0 Å². The minimum atomic E-state index is -0.502. The average molecular weight is 505 g/mol. The summed E-state index contributed by atoms with van der Waals surface area (Å²) in [6, 6.07) is 9.73. The zero-order valence-corrected chi connectivity index (χ0v) is 21.6. The Labute approximate surface area is 214 Å². The van der Waals surface area contributed by atoms with Gasteiger partial charge >= 0.3 is 6.03 Å². The number of nitrogen functional groups attached to an aromatic ring is 1. The van der Waals surface area contributed by atoms with Crippen molar-refractivity contribution in [3.8, 4) is 0 Å². The SMILES string of the molecule is CC(C)c1cc(C(=O)c2cccc(NC(=O)Nc3cc(C(C)(C)C)nn3CCO)c2)c2c(N)ncnn12. The minimum absolute atomic E-state index is 0.109. The van der Waals surface area contributed by atoms with Gasteiger partial charge in [0.25, 0.3) is 0 Å². The second-order valence-electron chi connectivity index (χ2n) is 10.1. The molecule has 0 saturated carbocycles. The second-order valence-corrected chi connectivity index (χ2v) is 10.1. The first-order chi connectivity index (χ1) is 17.5. The Morgan fingerprint density at radius 3 is 2.57 bits per heavy atom. The monoisotopic (exact) mass is 504 g/mol. The van der Waals surface area contributed by atoms with Crippen molar-refractivity contribution >= 4 is 34.7 Å². The van der Waals surface area contributed by atoms with Crippen molar-refractivity contribution < 1.29 is 14.7 Å². The summed E-state index contributed by atoms with van der Waals surface area (Å²) in [5.41, 5.74) is 9.17. The van der Waals surface area contributed by atoms with Gasteiger partial charge in [-0.15, -0.1) is 0 Å². The number of ketones is 1. The number of nitrogens with one attached hydrogen (secondary N) is 2. The molecule has 0 radical (unpaired) electrons. The third kappa shape index (κ3) is 5.31. The van der Waals surface area contributed by atoms with Gasteiger partial charge in [-0.1, -0.05) is 46.8 Å². The number of urea groups is 1. The van der Waals surface area contributed by atoms with Crippen LogP contribution >= 0.6 is 0 Å². The molecule has 0 aliphatic carbocycles. The Morgan fingerprint density at radius 1 is 1.14 bits per heavy atom. The summed E-state index contributed by atoms with van der Waals surface area (Å²) < 4.78 is 3.20. The maximum Gasteiger partial charge on any atom is 0.324 e. The highest BCUT2D eigenvalue weighted by atomic mass is 16.3. The molecule has 11 nitrogen and oxygen atoms in total. The van der Waals surface area contributed by atoms with Crippen LogP contribution in [0.3, 0.4) is 0 Å². The lowest BCUT2D eigenvalue weighted by molar-refractivity contribution is 0.104. The number of benzene rings is 1. The van der Waals surface area contributed by atoms with Crippen LogP contribution in [0.4, 0.5) is 22.1 Å². The molecule has 2 amide bonds. The lowest BCUT2D eigenvalue weighted by atomic mass is 9.92. The average Bonchev–Trinajstić information content (AvgIpc) is 3.42. The van der Waals surface area contributed by atoms with Gasteiger partial charge in [-0.2, -0.15) is 10.2 Å². The van der Waals surface area contributed by atoms with Crippen LogP contribution in [-0.4, -0.2) is 47.9 Å². The van der Waals surface area contributed by atoms with E-state index in [-0.39, 0.29) is 36.1 Å². The van der Waals surface area contributed by atoms with Crippen molar-refractivity contribution in [2.75, 3.05) is 23.0 Å². The number of nitrogens with zero attached hydrogens (tertiary/aromatic N) is 5. The van der Waals surface area contributed by atoms with E-state index in [0.29, 0.717) is 28.1 Å². The highest BCUT2D eigenvalue weighted by Crippen LogP contribution is 2.28. The third-order valence-electron chi connectivity index (χ3n) is 5.93. The zero-order valence-electron chi connectivity index (χ0n) is 21.6. The predicted molar refractivity (Wildman–Crippen MR) is 142 cm³/mol. The van der Waals surface area contributed by atoms with E-state index in [9.17, 15) is 14.7 Å². The molecule has 0 spiro atoms. The molecule has 0 bridgehead atoms. The van der Waals surface area contributed by atoms with Crippen LogP contribution in [0.1, 0.15) is 67.8 Å². The zero-order chi connectivity index (χ0) is 26.9. The van der Waals surface area contributed by atoms with Crippen LogP contribution in [0.15, 0.2) is 42.7 Å². The minimum Gasteiger partial charge on any atom is -0.394 e. The first kappa shape index (κ1) is 25.8. The molecule has 37 heavy (non-hydrogen) atoms. The van der Waals surface area contributed by atoms with Crippen molar-refractivity contribution in [3.63, 3.8) is 0 Å². The van der Waals surface area contributed by atoms with Gasteiger partial charge in [0, 0.05) is 28.4 Å². The van der Waals surface area contributed by atoms with E-state index in [1.165, 1.54) is 6.33 Å². The van der Waals surface area contributed by atoms with Crippen molar-refractivity contribution in [1.82, 2.24) is 24.4 Å². The summed E-state index contributed by atoms with van der Waals surface area (Å²) in [6.45, 7) is 10.2. The molecule has 4 aromatic rings. The maximum absolute atomic E-state index is 13.5. The lowest BCUT2D eigenvalue weighted by Gasteiger charge is -2.13. The van der Waals surface area contributed by atoms with Crippen LogP contribution in [0.2, 0.25) is 0 Å². The summed E-state index contributed by atoms with van der Waals surface area (Å²) in [5, 5.41) is 23.7. The molecule has 4 rings (SSSR count). The van der Waals surface area contributed by atoms with Gasteiger partial charge in [0.1, 0.15) is 17.7 Å². The third-order valence-corrected chi connectivity index (χ3v) is 5.93. The molecule has 0 saturated heterocycles. The van der Waals surface area contributed by atoms with Crippen molar-refractivity contribution in [1.29, 1.82) is 0 Å². The topological polar surface area (TPSA) is 152 Å². The van der Waals surface area contributed by atoms with Gasteiger partial charge in [0.15, 0.2) is 11.6 Å². The normalized spacial score (nSPS) is 11.8. The van der Waals surface area contributed by atoms with Crippen LogP contribution in [0.25, 0.3) is 5.52 Å². The number of aliphatic hydroxyl groups excluding tert-OH is 1. The summed E-state index contributed by atoms with van der Waals surface area (Å²) in [4.78, 5) is 30.4. The van der Waals surface area contributed by atoms with E-state index in [1.807, 2.05) is 34.6 Å². The Hall–Kier alpha value is -4.25. The van der Waals surface area contributed by atoms with Crippen LogP contribution in [-0.2, 0) is 12.0 Å². The van der Waals surface area contributed by atoms with Crippen LogP contribution < -0.4 is 16.4 Å².